The minimum atomic E-state index is -0.615. The fourth-order valence-electron chi connectivity index (χ4n) is 2.57. The van der Waals surface area contributed by atoms with Crippen molar-refractivity contribution in [2.24, 2.45) is 0 Å². The highest BCUT2D eigenvalue weighted by molar-refractivity contribution is 5.94. The molecule has 0 aliphatic carbocycles. The zero-order valence-corrected chi connectivity index (χ0v) is 14.7. The second-order valence-electron chi connectivity index (χ2n) is 6.33. The van der Waals surface area contributed by atoms with Crippen molar-refractivity contribution < 1.29 is 19.0 Å². The molecule has 0 bridgehead atoms. The Balaban J connectivity index is 1.64. The maximum absolute atomic E-state index is 12.4. The van der Waals surface area contributed by atoms with Crippen LogP contribution in [0.5, 0.6) is 17.2 Å². The molecule has 1 N–H and O–H groups in total. The summed E-state index contributed by atoms with van der Waals surface area (Å²) in [6, 6.07) is 13.2. The van der Waals surface area contributed by atoms with Gasteiger partial charge in [0.2, 0.25) is 0 Å². The minimum absolute atomic E-state index is 0.216. The molecule has 0 aromatic heterocycles. The molecular weight excluding hydrogens is 318 g/mol. The molecule has 132 valence electrons. The summed E-state index contributed by atoms with van der Waals surface area (Å²) in [5.41, 5.74) is 1.83. The Morgan fingerprint density at radius 2 is 1.80 bits per heavy atom. The van der Waals surface area contributed by atoms with E-state index in [4.69, 9.17) is 14.2 Å². The van der Waals surface area contributed by atoms with Crippen LogP contribution in [0.2, 0.25) is 0 Å². The second kappa shape index (κ2) is 7.47. The van der Waals surface area contributed by atoms with Crippen molar-refractivity contribution >= 4 is 11.6 Å². The van der Waals surface area contributed by atoms with Crippen molar-refractivity contribution in [3.05, 3.63) is 48.0 Å². The molecule has 1 amide bonds. The van der Waals surface area contributed by atoms with E-state index < -0.39 is 6.10 Å². The van der Waals surface area contributed by atoms with E-state index in [-0.39, 0.29) is 5.91 Å². The fourth-order valence-corrected chi connectivity index (χ4v) is 2.57. The first-order valence-corrected chi connectivity index (χ1v) is 8.50. The molecule has 2 aromatic rings. The number of carbonyl (C=O) groups is 1. The number of ether oxygens (including phenoxy) is 3. The number of hydrogen-bond acceptors (Lipinski definition) is 4. The number of benzene rings is 2. The number of rotatable bonds is 5. The lowest BCUT2D eigenvalue weighted by Gasteiger charge is -2.20. The van der Waals surface area contributed by atoms with E-state index in [1.54, 1.807) is 25.1 Å². The minimum Gasteiger partial charge on any atom is -0.486 e. The average molecular weight is 341 g/mol. The van der Waals surface area contributed by atoms with Gasteiger partial charge in [-0.05, 0) is 42.7 Å². The average Bonchev–Trinajstić information content (AvgIpc) is 2.61. The summed E-state index contributed by atoms with van der Waals surface area (Å²) in [7, 11) is 0. The number of anilines is 1. The summed E-state index contributed by atoms with van der Waals surface area (Å²) < 4.78 is 16.8. The first-order valence-electron chi connectivity index (χ1n) is 8.50. The van der Waals surface area contributed by atoms with Crippen LogP contribution in [0, 0.1) is 0 Å². The van der Waals surface area contributed by atoms with Gasteiger partial charge in [0.25, 0.3) is 5.91 Å². The van der Waals surface area contributed by atoms with Crippen molar-refractivity contribution in [1.82, 2.24) is 0 Å². The third kappa shape index (κ3) is 4.24. The monoisotopic (exact) mass is 341 g/mol. The van der Waals surface area contributed by atoms with Crippen LogP contribution < -0.4 is 19.5 Å². The highest BCUT2D eigenvalue weighted by Crippen LogP contribution is 2.32. The van der Waals surface area contributed by atoms with Crippen molar-refractivity contribution in [2.45, 2.75) is 32.8 Å². The molecule has 5 heteroatoms. The molecular formula is C20H23NO4. The lowest BCUT2D eigenvalue weighted by molar-refractivity contribution is -0.122. The largest absolute Gasteiger partial charge is 0.486 e. The summed E-state index contributed by atoms with van der Waals surface area (Å²) in [5, 5.41) is 2.85. The number of nitrogens with one attached hydrogen (secondary N) is 1. The molecule has 0 radical (unpaired) electrons. The molecule has 3 rings (SSSR count). The first-order chi connectivity index (χ1) is 12.0. The molecule has 0 fully saturated rings. The zero-order valence-electron chi connectivity index (χ0n) is 14.7. The summed E-state index contributed by atoms with van der Waals surface area (Å²) in [5.74, 6) is 2.22. The second-order valence-corrected chi connectivity index (χ2v) is 6.33. The number of fused-ring (bicyclic) bond motifs is 1. The molecule has 0 spiro atoms. The van der Waals surface area contributed by atoms with E-state index in [1.807, 2.05) is 18.2 Å². The molecule has 1 aliphatic rings. The van der Waals surface area contributed by atoms with Crippen molar-refractivity contribution in [3.8, 4) is 17.2 Å². The standard InChI is InChI=1S/C20H23NO4/c1-13(2)15-5-4-6-17(11-15)25-14(3)20(22)21-16-7-8-18-19(12-16)24-10-9-23-18/h4-8,11-14H,9-10H2,1-3H3,(H,21,22). The predicted molar refractivity (Wildman–Crippen MR) is 96.7 cm³/mol. The lowest BCUT2D eigenvalue weighted by Crippen LogP contribution is -2.30. The maximum atomic E-state index is 12.4. The van der Waals surface area contributed by atoms with Crippen LogP contribution in [0.3, 0.4) is 0 Å². The molecule has 1 atom stereocenters. The van der Waals surface area contributed by atoms with Crippen molar-refractivity contribution in [3.63, 3.8) is 0 Å². The van der Waals surface area contributed by atoms with E-state index in [0.29, 0.717) is 42.1 Å². The third-order valence-corrected chi connectivity index (χ3v) is 4.02. The van der Waals surface area contributed by atoms with Crippen LogP contribution in [-0.2, 0) is 4.79 Å². The van der Waals surface area contributed by atoms with Gasteiger partial charge in [-0.2, -0.15) is 0 Å². The zero-order chi connectivity index (χ0) is 17.8. The predicted octanol–water partition coefficient (Wildman–Crippen LogP) is 3.99. The lowest BCUT2D eigenvalue weighted by atomic mass is 10.0. The SMILES string of the molecule is CC(Oc1cccc(C(C)C)c1)C(=O)Nc1ccc2c(c1)OCCO2. The first kappa shape index (κ1) is 17.1. The van der Waals surface area contributed by atoms with E-state index in [9.17, 15) is 4.79 Å². The quantitative estimate of drug-likeness (QED) is 0.893. The Morgan fingerprint density at radius 3 is 2.56 bits per heavy atom. The van der Waals surface area contributed by atoms with Crippen LogP contribution in [0.25, 0.3) is 0 Å². The van der Waals surface area contributed by atoms with Gasteiger partial charge in [-0.3, -0.25) is 4.79 Å². The molecule has 1 heterocycles. The van der Waals surface area contributed by atoms with Gasteiger partial charge in [0.15, 0.2) is 17.6 Å². The van der Waals surface area contributed by atoms with Gasteiger partial charge in [0, 0.05) is 11.8 Å². The Hall–Kier alpha value is -2.69. The highest BCUT2D eigenvalue weighted by Gasteiger charge is 2.17. The van der Waals surface area contributed by atoms with Gasteiger partial charge in [0.05, 0.1) is 0 Å². The maximum Gasteiger partial charge on any atom is 0.265 e. The van der Waals surface area contributed by atoms with E-state index >= 15 is 0 Å². The van der Waals surface area contributed by atoms with Gasteiger partial charge in [-0.1, -0.05) is 26.0 Å². The Morgan fingerprint density at radius 1 is 1.04 bits per heavy atom. The summed E-state index contributed by atoms with van der Waals surface area (Å²) >= 11 is 0. The van der Waals surface area contributed by atoms with Gasteiger partial charge in [-0.15, -0.1) is 0 Å². The molecule has 25 heavy (non-hydrogen) atoms. The Bertz CT molecular complexity index is 757. The van der Waals surface area contributed by atoms with E-state index in [1.165, 1.54) is 5.56 Å². The molecule has 5 nitrogen and oxygen atoms in total. The normalized spacial score (nSPS) is 14.1. The smallest absolute Gasteiger partial charge is 0.265 e. The number of carbonyl (C=O) groups excluding carboxylic acids is 1. The van der Waals surface area contributed by atoms with Crippen LogP contribution >= 0.6 is 0 Å². The van der Waals surface area contributed by atoms with Crippen molar-refractivity contribution in [1.29, 1.82) is 0 Å². The number of amides is 1. The van der Waals surface area contributed by atoms with Crippen LogP contribution in [0.4, 0.5) is 5.69 Å². The van der Waals surface area contributed by atoms with Crippen molar-refractivity contribution in [2.75, 3.05) is 18.5 Å². The van der Waals surface area contributed by atoms with Crippen LogP contribution in [0.1, 0.15) is 32.3 Å². The molecule has 0 saturated carbocycles. The molecule has 2 aromatic carbocycles. The molecule has 1 aliphatic heterocycles. The topological polar surface area (TPSA) is 56.8 Å². The van der Waals surface area contributed by atoms with Gasteiger partial charge >= 0.3 is 0 Å². The van der Waals surface area contributed by atoms with Gasteiger partial charge < -0.3 is 19.5 Å². The van der Waals surface area contributed by atoms with Gasteiger partial charge in [0.1, 0.15) is 19.0 Å². The molecule has 1 unspecified atom stereocenters. The fraction of sp³-hybridized carbons (Fsp3) is 0.350. The van der Waals surface area contributed by atoms with E-state index in [0.717, 1.165) is 0 Å². The Kier molecular flexibility index (Phi) is 5.12. The summed E-state index contributed by atoms with van der Waals surface area (Å²) in [6.07, 6.45) is -0.615. The Labute approximate surface area is 147 Å². The van der Waals surface area contributed by atoms with Crippen LogP contribution in [0.15, 0.2) is 42.5 Å². The van der Waals surface area contributed by atoms with Gasteiger partial charge in [-0.25, -0.2) is 0 Å². The van der Waals surface area contributed by atoms with Crippen LogP contribution in [-0.4, -0.2) is 25.2 Å². The summed E-state index contributed by atoms with van der Waals surface area (Å²) in [6.45, 7) is 7.03. The summed E-state index contributed by atoms with van der Waals surface area (Å²) in [4.78, 5) is 12.4. The van der Waals surface area contributed by atoms with E-state index in [2.05, 4.69) is 25.2 Å². The third-order valence-electron chi connectivity index (χ3n) is 4.02. The number of hydrogen-bond donors (Lipinski definition) is 1. The highest BCUT2D eigenvalue weighted by atomic mass is 16.6. The molecule has 0 saturated heterocycles.